The molecule has 0 radical (unpaired) electrons. The van der Waals surface area contributed by atoms with Crippen molar-refractivity contribution in [3.8, 4) is 5.75 Å². The van der Waals surface area contributed by atoms with Crippen LogP contribution in [0.15, 0.2) is 73.3 Å². The third kappa shape index (κ3) is 4.76. The quantitative estimate of drug-likeness (QED) is 0.350. The number of ether oxygens (including phenoxy) is 1. The van der Waals surface area contributed by atoms with Gasteiger partial charge in [-0.3, -0.25) is 9.48 Å². The number of hydrogen-bond acceptors (Lipinski definition) is 6. The molecule has 0 unspecified atom stereocenters. The van der Waals surface area contributed by atoms with E-state index in [9.17, 15) is 4.79 Å². The Hall–Kier alpha value is -4.66. The van der Waals surface area contributed by atoms with Crippen molar-refractivity contribution in [2.75, 3.05) is 12.8 Å². The number of aromatic nitrogens is 5. The number of pyridine rings is 1. The van der Waals surface area contributed by atoms with Crippen LogP contribution in [0.2, 0.25) is 0 Å². The van der Waals surface area contributed by atoms with Crippen molar-refractivity contribution in [3.05, 3.63) is 102 Å². The number of carbonyl (C=O) groups excluding carboxylic acids is 1. The van der Waals surface area contributed by atoms with Gasteiger partial charge in [0.05, 0.1) is 13.7 Å². The van der Waals surface area contributed by atoms with Gasteiger partial charge in [-0.1, -0.05) is 36.4 Å². The molecule has 0 saturated carbocycles. The van der Waals surface area contributed by atoms with E-state index in [2.05, 4.69) is 44.6 Å². The summed E-state index contributed by atoms with van der Waals surface area (Å²) in [5.41, 5.74) is 9.50. The number of fused-ring (bicyclic) bond motifs is 1. The highest BCUT2D eigenvalue weighted by Crippen LogP contribution is 2.31. The zero-order chi connectivity index (χ0) is 25.1. The molecule has 0 atom stereocenters. The van der Waals surface area contributed by atoms with Crippen molar-refractivity contribution in [2.24, 2.45) is 0 Å². The number of nitrogens with zero attached hydrogens (tertiary/aromatic N) is 5. The van der Waals surface area contributed by atoms with Crippen LogP contribution in [-0.2, 0) is 19.6 Å². The van der Waals surface area contributed by atoms with Gasteiger partial charge >= 0.3 is 0 Å². The number of amides is 1. The fraction of sp³-hybridized carbons (Fsp3) is 0.185. The number of anilines is 1. The highest BCUT2D eigenvalue weighted by molar-refractivity contribution is 5.96. The van der Waals surface area contributed by atoms with Crippen molar-refractivity contribution in [2.45, 2.75) is 26.6 Å². The van der Waals surface area contributed by atoms with E-state index in [1.807, 2.05) is 46.6 Å². The van der Waals surface area contributed by atoms with Gasteiger partial charge in [0.1, 0.15) is 23.1 Å². The van der Waals surface area contributed by atoms with E-state index >= 15 is 0 Å². The van der Waals surface area contributed by atoms with Crippen LogP contribution in [-0.4, -0.2) is 37.3 Å². The lowest BCUT2D eigenvalue weighted by Gasteiger charge is -2.13. The number of nitrogens with two attached hydrogens (primary N) is 1. The number of benzene rings is 2. The summed E-state index contributed by atoms with van der Waals surface area (Å²) < 4.78 is 9.48. The van der Waals surface area contributed by atoms with Crippen LogP contribution in [0.1, 0.15) is 33.0 Å². The van der Waals surface area contributed by atoms with Crippen LogP contribution in [0.5, 0.6) is 5.75 Å². The Morgan fingerprint density at radius 3 is 2.53 bits per heavy atom. The van der Waals surface area contributed by atoms with Crippen LogP contribution in [0.3, 0.4) is 0 Å². The summed E-state index contributed by atoms with van der Waals surface area (Å²) in [5, 5.41) is 8.86. The molecule has 9 nitrogen and oxygen atoms in total. The Labute approximate surface area is 208 Å². The Bertz CT molecular complexity index is 1510. The monoisotopic (exact) mass is 481 g/mol. The van der Waals surface area contributed by atoms with Crippen LogP contribution in [0.4, 0.5) is 5.82 Å². The molecule has 3 N–H and O–H groups in total. The minimum Gasteiger partial charge on any atom is -0.496 e. The number of methoxy groups -OCH3 is 1. The van der Waals surface area contributed by atoms with E-state index in [-0.39, 0.29) is 5.91 Å². The first-order chi connectivity index (χ1) is 17.5. The fourth-order valence-electron chi connectivity index (χ4n) is 4.25. The van der Waals surface area contributed by atoms with Gasteiger partial charge in [0.2, 0.25) is 0 Å². The zero-order valence-electron chi connectivity index (χ0n) is 20.2. The SMILES string of the molecule is COc1c(CNC(=O)c2cn(Cc3ccc(Cn4cccn4)cc3)c(C)n2)ccc2c(N)nccc12. The van der Waals surface area contributed by atoms with Crippen LogP contribution in [0, 0.1) is 6.92 Å². The number of nitrogen functional groups attached to an aromatic ring is 1. The molecule has 36 heavy (non-hydrogen) atoms. The van der Waals surface area contributed by atoms with Gasteiger partial charge in [0, 0.05) is 54.2 Å². The Morgan fingerprint density at radius 2 is 1.81 bits per heavy atom. The number of imidazole rings is 1. The lowest BCUT2D eigenvalue weighted by atomic mass is 10.1. The summed E-state index contributed by atoms with van der Waals surface area (Å²) in [6.45, 7) is 3.55. The molecule has 0 bridgehead atoms. The number of aryl methyl sites for hydroxylation is 1. The third-order valence-corrected chi connectivity index (χ3v) is 6.14. The first-order valence-corrected chi connectivity index (χ1v) is 11.6. The van der Waals surface area contributed by atoms with E-state index in [0.717, 1.165) is 34.3 Å². The predicted molar refractivity (Wildman–Crippen MR) is 138 cm³/mol. The highest BCUT2D eigenvalue weighted by atomic mass is 16.5. The smallest absolute Gasteiger partial charge is 0.271 e. The molecule has 3 aromatic heterocycles. The predicted octanol–water partition coefficient (Wildman–Crippen LogP) is 3.55. The van der Waals surface area contributed by atoms with Crippen molar-refractivity contribution in [1.82, 2.24) is 29.6 Å². The molecule has 3 heterocycles. The highest BCUT2D eigenvalue weighted by Gasteiger charge is 2.15. The van der Waals surface area contributed by atoms with E-state index in [4.69, 9.17) is 10.5 Å². The van der Waals surface area contributed by atoms with Gasteiger partial charge in [0.15, 0.2) is 0 Å². The molecule has 0 spiro atoms. The number of nitrogens with one attached hydrogen (secondary N) is 1. The molecule has 0 fully saturated rings. The summed E-state index contributed by atoms with van der Waals surface area (Å²) in [5.74, 6) is 1.63. The standard InChI is InChI=1S/C27H27N7O2/c1-18-32-24(17-33(18)15-19-4-6-20(7-5-19)16-34-13-3-11-31-34)27(35)30-14-21-8-9-23-22(25(21)36-2)10-12-29-26(23)28/h3-13,17H,14-16H2,1-2H3,(H2,28,29)(H,30,35). The van der Waals surface area contributed by atoms with E-state index in [0.29, 0.717) is 30.4 Å². The average Bonchev–Trinajstić information content (AvgIpc) is 3.53. The van der Waals surface area contributed by atoms with E-state index in [1.54, 1.807) is 25.7 Å². The molecule has 1 amide bonds. The maximum Gasteiger partial charge on any atom is 0.271 e. The van der Waals surface area contributed by atoms with Crippen molar-refractivity contribution in [1.29, 1.82) is 0 Å². The molecule has 5 aromatic rings. The minimum atomic E-state index is -0.247. The molecule has 0 aliphatic heterocycles. The fourth-order valence-corrected chi connectivity index (χ4v) is 4.25. The second kappa shape index (κ2) is 9.91. The first-order valence-electron chi connectivity index (χ1n) is 11.6. The van der Waals surface area contributed by atoms with Gasteiger partial charge in [0.25, 0.3) is 5.91 Å². The van der Waals surface area contributed by atoms with Crippen molar-refractivity contribution < 1.29 is 9.53 Å². The number of carbonyl (C=O) groups is 1. The summed E-state index contributed by atoms with van der Waals surface area (Å²) in [6.07, 6.45) is 7.15. The van der Waals surface area contributed by atoms with E-state index < -0.39 is 0 Å². The second-order valence-corrected chi connectivity index (χ2v) is 8.55. The summed E-state index contributed by atoms with van der Waals surface area (Å²) in [4.78, 5) is 21.5. The Balaban J connectivity index is 1.25. The maximum atomic E-state index is 12.9. The molecular weight excluding hydrogens is 454 g/mol. The first kappa shape index (κ1) is 23.1. The molecule has 182 valence electrons. The molecule has 5 rings (SSSR count). The van der Waals surface area contributed by atoms with Crippen molar-refractivity contribution in [3.63, 3.8) is 0 Å². The maximum absolute atomic E-state index is 12.9. The molecule has 0 aliphatic rings. The van der Waals surface area contributed by atoms with Gasteiger partial charge in [-0.25, -0.2) is 9.97 Å². The second-order valence-electron chi connectivity index (χ2n) is 8.55. The molecule has 0 aliphatic carbocycles. The molecule has 9 heteroatoms. The zero-order valence-corrected chi connectivity index (χ0v) is 20.2. The molecular formula is C27H27N7O2. The summed E-state index contributed by atoms with van der Waals surface area (Å²) >= 11 is 0. The van der Waals surface area contributed by atoms with Crippen LogP contribution in [0.25, 0.3) is 10.8 Å². The van der Waals surface area contributed by atoms with E-state index in [1.165, 1.54) is 5.56 Å². The lowest BCUT2D eigenvalue weighted by molar-refractivity contribution is 0.0946. The summed E-state index contributed by atoms with van der Waals surface area (Å²) in [6, 6.07) is 15.9. The van der Waals surface area contributed by atoms with Crippen LogP contribution >= 0.6 is 0 Å². The Morgan fingerprint density at radius 1 is 1.03 bits per heavy atom. The van der Waals surface area contributed by atoms with Gasteiger partial charge in [-0.2, -0.15) is 5.10 Å². The van der Waals surface area contributed by atoms with Gasteiger partial charge in [-0.15, -0.1) is 0 Å². The largest absolute Gasteiger partial charge is 0.496 e. The number of hydrogen-bond donors (Lipinski definition) is 2. The van der Waals surface area contributed by atoms with Gasteiger partial charge < -0.3 is 20.4 Å². The average molecular weight is 482 g/mol. The normalized spacial score (nSPS) is 11.1. The number of rotatable bonds is 8. The molecule has 2 aromatic carbocycles. The van der Waals surface area contributed by atoms with Crippen LogP contribution < -0.4 is 15.8 Å². The van der Waals surface area contributed by atoms with Gasteiger partial charge in [-0.05, 0) is 30.2 Å². The minimum absolute atomic E-state index is 0.247. The Kier molecular flexibility index (Phi) is 6.36. The van der Waals surface area contributed by atoms with Crippen molar-refractivity contribution >= 4 is 22.5 Å². The third-order valence-electron chi connectivity index (χ3n) is 6.14. The topological polar surface area (TPSA) is 113 Å². The lowest BCUT2D eigenvalue weighted by Crippen LogP contribution is -2.23. The summed E-state index contributed by atoms with van der Waals surface area (Å²) in [7, 11) is 1.60. The molecule has 0 saturated heterocycles.